The van der Waals surface area contributed by atoms with Gasteiger partial charge in [0.2, 0.25) is 5.89 Å². The van der Waals surface area contributed by atoms with Crippen molar-refractivity contribution in [2.24, 2.45) is 0 Å². The fraction of sp³-hybridized carbons (Fsp3) is 0.214. The minimum absolute atomic E-state index is 0.501. The molecule has 0 N–H and O–H groups in total. The summed E-state index contributed by atoms with van der Waals surface area (Å²) in [6.07, 6.45) is 15.2. The van der Waals surface area contributed by atoms with Gasteiger partial charge in [0.1, 0.15) is 11.1 Å². The number of aromatic nitrogens is 5. The van der Waals surface area contributed by atoms with Crippen LogP contribution < -0.4 is 15.5 Å². The SMILES string of the molecule is C\C=C/C=c1/nc(-c2cc(CN(Cc3ccccn3)Cc3ccccn3)cc(CN(Cc3ccccn3)Cc3ccccn3)c2OC)o/c1=C/C. The largest absolute Gasteiger partial charge is 0.496 e. The Morgan fingerprint density at radius 3 is 1.59 bits per heavy atom. The summed E-state index contributed by atoms with van der Waals surface area (Å²) in [6, 6.07) is 28.4. The van der Waals surface area contributed by atoms with E-state index >= 15 is 0 Å². The Hall–Kier alpha value is -5.77. The normalized spacial score (nSPS) is 12.4. The minimum Gasteiger partial charge on any atom is -0.496 e. The molecule has 0 saturated carbocycles. The van der Waals surface area contributed by atoms with Crippen LogP contribution in [-0.2, 0) is 39.3 Å². The lowest BCUT2D eigenvalue weighted by molar-refractivity contribution is 0.235. The highest BCUT2D eigenvalue weighted by Gasteiger charge is 2.22. The molecule has 6 aromatic rings. The molecule has 9 nitrogen and oxygen atoms in total. The Bertz CT molecular complexity index is 2040. The maximum atomic E-state index is 6.41. The minimum atomic E-state index is 0.501. The van der Waals surface area contributed by atoms with Gasteiger partial charge in [-0.2, -0.15) is 0 Å². The Morgan fingerprint density at radius 2 is 1.16 bits per heavy atom. The number of allylic oxidation sites excluding steroid dienone is 2. The van der Waals surface area contributed by atoms with Gasteiger partial charge in [0.15, 0.2) is 5.42 Å². The van der Waals surface area contributed by atoms with Gasteiger partial charge >= 0.3 is 0 Å². The number of oxazole rings is 1. The lowest BCUT2D eigenvalue weighted by atomic mass is 10.0. The molecule has 5 aromatic heterocycles. The molecule has 9 heteroatoms. The highest BCUT2D eigenvalue weighted by Crippen LogP contribution is 2.35. The summed E-state index contributed by atoms with van der Waals surface area (Å²) < 4.78 is 12.6. The Balaban J connectivity index is 1.45. The maximum absolute atomic E-state index is 6.41. The quantitative estimate of drug-likeness (QED) is 0.121. The number of ether oxygens (including phenoxy) is 1. The van der Waals surface area contributed by atoms with Crippen LogP contribution in [0, 0.1) is 0 Å². The molecule has 0 fully saturated rings. The number of hydrogen-bond acceptors (Lipinski definition) is 9. The van der Waals surface area contributed by atoms with Crippen molar-refractivity contribution >= 4 is 12.2 Å². The van der Waals surface area contributed by atoms with E-state index in [4.69, 9.17) is 14.1 Å². The lowest BCUT2D eigenvalue weighted by Crippen LogP contribution is -2.25. The van der Waals surface area contributed by atoms with E-state index in [1.807, 2.05) is 111 Å². The average Bonchev–Trinajstić information content (AvgIpc) is 3.58. The topological polar surface area (TPSA) is 93.3 Å². The van der Waals surface area contributed by atoms with Crippen LogP contribution in [-0.4, -0.2) is 41.8 Å². The first-order valence-electron chi connectivity index (χ1n) is 17.1. The smallest absolute Gasteiger partial charge is 0.231 e. The predicted molar refractivity (Wildman–Crippen MR) is 200 cm³/mol. The summed E-state index contributed by atoms with van der Waals surface area (Å²) in [5, 5.41) is 0.762. The molecule has 0 atom stereocenters. The van der Waals surface area contributed by atoms with Crippen LogP contribution in [0.2, 0.25) is 0 Å². The van der Waals surface area contributed by atoms with Crippen molar-refractivity contribution in [3.05, 3.63) is 167 Å². The molecule has 0 bridgehead atoms. The third-order valence-corrected chi connectivity index (χ3v) is 8.30. The van der Waals surface area contributed by atoms with Gasteiger partial charge in [0, 0.05) is 69.6 Å². The third-order valence-electron chi connectivity index (χ3n) is 8.30. The van der Waals surface area contributed by atoms with Crippen LogP contribution in [0.5, 0.6) is 5.75 Å². The van der Waals surface area contributed by atoms with Gasteiger partial charge in [0.25, 0.3) is 0 Å². The van der Waals surface area contributed by atoms with E-state index in [0.29, 0.717) is 56.3 Å². The molecule has 0 aliphatic carbocycles. The highest BCUT2D eigenvalue weighted by atomic mass is 16.5. The fourth-order valence-corrected chi connectivity index (χ4v) is 6.05. The number of rotatable bonds is 15. The van der Waals surface area contributed by atoms with Gasteiger partial charge in [-0.3, -0.25) is 29.7 Å². The number of pyridine rings is 4. The van der Waals surface area contributed by atoms with Crippen molar-refractivity contribution in [3.8, 4) is 17.2 Å². The summed E-state index contributed by atoms with van der Waals surface area (Å²) in [5.74, 6) is 1.22. The zero-order valence-corrected chi connectivity index (χ0v) is 29.4. The molecule has 0 amide bonds. The monoisotopic (exact) mass is 677 g/mol. The Labute approximate surface area is 299 Å². The first-order valence-corrected chi connectivity index (χ1v) is 17.1. The van der Waals surface area contributed by atoms with Crippen molar-refractivity contribution in [2.45, 2.75) is 53.1 Å². The van der Waals surface area contributed by atoms with E-state index in [2.05, 4.69) is 66.1 Å². The summed E-state index contributed by atoms with van der Waals surface area (Å²) in [7, 11) is 1.71. The van der Waals surface area contributed by atoms with Crippen molar-refractivity contribution in [1.29, 1.82) is 0 Å². The lowest BCUT2D eigenvalue weighted by Gasteiger charge is -2.26. The first kappa shape index (κ1) is 35.1. The molecule has 0 saturated heterocycles. The molecule has 0 unspecified atom stereocenters. The van der Waals surface area contributed by atoms with Crippen molar-refractivity contribution in [1.82, 2.24) is 34.7 Å². The maximum Gasteiger partial charge on any atom is 0.231 e. The van der Waals surface area contributed by atoms with Crippen LogP contribution in [0.4, 0.5) is 0 Å². The Kier molecular flexibility index (Phi) is 12.2. The van der Waals surface area contributed by atoms with E-state index < -0.39 is 0 Å². The zero-order valence-electron chi connectivity index (χ0n) is 29.4. The number of nitrogens with zero attached hydrogens (tertiary/aromatic N) is 7. The predicted octanol–water partition coefficient (Wildman–Crippen LogP) is 6.49. The van der Waals surface area contributed by atoms with Crippen LogP contribution in [0.25, 0.3) is 23.6 Å². The van der Waals surface area contributed by atoms with Crippen molar-refractivity contribution in [2.75, 3.05) is 7.11 Å². The van der Waals surface area contributed by atoms with E-state index in [1.165, 1.54) is 0 Å². The molecule has 0 aliphatic rings. The second-order valence-corrected chi connectivity index (χ2v) is 12.2. The summed E-state index contributed by atoms with van der Waals surface area (Å²) >= 11 is 0. The fourth-order valence-electron chi connectivity index (χ4n) is 6.05. The van der Waals surface area contributed by atoms with Gasteiger partial charge in [-0.1, -0.05) is 36.4 Å². The van der Waals surface area contributed by atoms with Gasteiger partial charge < -0.3 is 9.15 Å². The van der Waals surface area contributed by atoms with Gasteiger partial charge in [0.05, 0.1) is 35.4 Å². The molecule has 6 rings (SSSR count). The van der Waals surface area contributed by atoms with E-state index in [9.17, 15) is 0 Å². The van der Waals surface area contributed by atoms with E-state index in [0.717, 1.165) is 44.8 Å². The van der Waals surface area contributed by atoms with Gasteiger partial charge in [-0.25, -0.2) is 4.98 Å². The molecule has 51 heavy (non-hydrogen) atoms. The molecular formula is C42H43N7O2. The molecule has 5 heterocycles. The van der Waals surface area contributed by atoms with Gasteiger partial charge in [-0.15, -0.1) is 0 Å². The van der Waals surface area contributed by atoms with Crippen molar-refractivity contribution < 1.29 is 9.15 Å². The average molecular weight is 678 g/mol. The second kappa shape index (κ2) is 17.8. The molecule has 258 valence electrons. The number of hydrogen-bond donors (Lipinski definition) is 0. The standard InChI is InChI=1S/C42H43N7O2/c1-4-6-19-39-40(5-2)51-42(47-39)38-25-32(26-48(28-34-15-7-11-20-43-34)29-35-16-8-12-21-44-35)24-33(41(38)50-3)27-49(30-36-17-9-13-22-45-36)31-37-18-10-14-23-46-37/h4-25H,26-31H2,1-3H3/b6-4-,39-19+,40-5+. The zero-order chi connectivity index (χ0) is 35.3. The van der Waals surface area contributed by atoms with Crippen LogP contribution in [0.1, 0.15) is 47.8 Å². The summed E-state index contributed by atoms with van der Waals surface area (Å²) in [6.45, 7) is 7.69. The Morgan fingerprint density at radius 1 is 0.647 bits per heavy atom. The first-order chi connectivity index (χ1) is 25.1. The summed E-state index contributed by atoms with van der Waals surface area (Å²) in [5.41, 5.74) is 7.50. The number of methoxy groups -OCH3 is 1. The molecular weight excluding hydrogens is 635 g/mol. The molecule has 0 aliphatic heterocycles. The van der Waals surface area contributed by atoms with E-state index in [1.54, 1.807) is 7.11 Å². The third kappa shape index (κ3) is 9.69. The molecule has 0 radical (unpaired) electrons. The summed E-state index contributed by atoms with van der Waals surface area (Å²) in [4.78, 5) is 28.2. The van der Waals surface area contributed by atoms with Crippen LogP contribution in [0.3, 0.4) is 0 Å². The van der Waals surface area contributed by atoms with Crippen LogP contribution >= 0.6 is 0 Å². The van der Waals surface area contributed by atoms with Gasteiger partial charge in [-0.05, 0) is 92.2 Å². The molecule has 0 spiro atoms. The van der Waals surface area contributed by atoms with E-state index in [-0.39, 0.29) is 0 Å². The van der Waals surface area contributed by atoms with Crippen LogP contribution in [0.15, 0.2) is 126 Å². The molecule has 1 aromatic carbocycles. The second-order valence-electron chi connectivity index (χ2n) is 12.2. The highest BCUT2D eigenvalue weighted by molar-refractivity contribution is 5.67. The number of benzene rings is 1. The van der Waals surface area contributed by atoms with Crippen molar-refractivity contribution in [3.63, 3.8) is 0 Å².